The third-order valence-corrected chi connectivity index (χ3v) is 6.45. The standard InChI is InChI=1S/C20H25F3N4O.2C2HF3O2/c21-20(22,23)15-3-1-2-14(12-15)18-13-27(19(28)25-18)17-6-10-26(11-7-17)16-4-8-24-9-5-16;2*3-2(4,5)1(6)7/h1-3,12-13,16-17,24H,4-11H2,(H,25,28);2*(H,6,7). The van der Waals surface area contributed by atoms with Gasteiger partial charge in [-0.15, -0.1) is 0 Å². The average molecular weight is 622 g/mol. The number of halogens is 9. The molecule has 2 saturated heterocycles. The number of hydrogen-bond acceptors (Lipinski definition) is 5. The van der Waals surface area contributed by atoms with Gasteiger partial charge in [0, 0.05) is 36.9 Å². The van der Waals surface area contributed by atoms with E-state index in [4.69, 9.17) is 19.8 Å². The van der Waals surface area contributed by atoms with E-state index in [0.717, 1.165) is 64.0 Å². The van der Waals surface area contributed by atoms with Gasteiger partial charge in [0.2, 0.25) is 0 Å². The van der Waals surface area contributed by atoms with Crippen LogP contribution in [0, 0.1) is 0 Å². The van der Waals surface area contributed by atoms with Crippen molar-refractivity contribution in [2.45, 2.75) is 56.3 Å². The van der Waals surface area contributed by atoms with E-state index in [1.807, 2.05) is 0 Å². The minimum atomic E-state index is -5.08. The summed E-state index contributed by atoms with van der Waals surface area (Å²) in [4.78, 5) is 35.5. The van der Waals surface area contributed by atoms with Gasteiger partial charge >= 0.3 is 36.2 Å². The number of likely N-dealkylation sites (tertiary alicyclic amines) is 1. The second-order valence-electron chi connectivity index (χ2n) is 9.31. The van der Waals surface area contributed by atoms with Crippen molar-refractivity contribution in [3.63, 3.8) is 0 Å². The number of aromatic nitrogens is 2. The lowest BCUT2D eigenvalue weighted by molar-refractivity contribution is -0.193. The number of nitrogens with one attached hydrogen (secondary N) is 2. The van der Waals surface area contributed by atoms with Crippen molar-refractivity contribution >= 4 is 11.9 Å². The Labute approximate surface area is 231 Å². The molecule has 0 unspecified atom stereocenters. The zero-order chi connectivity index (χ0) is 31.9. The number of carbonyl (C=O) groups is 2. The third kappa shape index (κ3) is 10.4. The molecule has 0 bridgehead atoms. The van der Waals surface area contributed by atoms with E-state index in [0.29, 0.717) is 17.3 Å². The maximum Gasteiger partial charge on any atom is 0.490 e. The topological polar surface area (TPSA) is 128 Å². The van der Waals surface area contributed by atoms with Gasteiger partial charge in [0.15, 0.2) is 0 Å². The Kier molecular flexibility index (Phi) is 11.6. The molecule has 236 valence electrons. The Morgan fingerprint density at radius 2 is 1.31 bits per heavy atom. The van der Waals surface area contributed by atoms with E-state index in [2.05, 4.69) is 15.2 Å². The number of carboxylic acids is 2. The summed E-state index contributed by atoms with van der Waals surface area (Å²) in [6, 6.07) is 5.77. The molecule has 1 aromatic carbocycles. The first-order chi connectivity index (χ1) is 19.3. The molecule has 42 heavy (non-hydrogen) atoms. The van der Waals surface area contributed by atoms with Crippen LogP contribution in [0.3, 0.4) is 0 Å². The summed E-state index contributed by atoms with van der Waals surface area (Å²) in [5.41, 5.74) is -0.170. The number of aliphatic carboxylic acids is 2. The van der Waals surface area contributed by atoms with Crippen LogP contribution in [0.5, 0.6) is 0 Å². The fourth-order valence-corrected chi connectivity index (χ4v) is 4.39. The van der Waals surface area contributed by atoms with E-state index in [1.54, 1.807) is 16.8 Å². The fraction of sp³-hybridized carbons (Fsp3) is 0.542. The van der Waals surface area contributed by atoms with Crippen LogP contribution in [0.25, 0.3) is 11.3 Å². The lowest BCUT2D eigenvalue weighted by atomic mass is 9.98. The molecule has 2 aliphatic rings. The highest BCUT2D eigenvalue weighted by atomic mass is 19.4. The van der Waals surface area contributed by atoms with Crippen molar-refractivity contribution in [3.8, 4) is 11.3 Å². The first-order valence-electron chi connectivity index (χ1n) is 12.3. The van der Waals surface area contributed by atoms with Crippen LogP contribution in [-0.2, 0) is 15.8 Å². The monoisotopic (exact) mass is 622 g/mol. The normalized spacial score (nSPS) is 17.5. The van der Waals surface area contributed by atoms with Crippen molar-refractivity contribution in [2.75, 3.05) is 26.2 Å². The summed E-state index contributed by atoms with van der Waals surface area (Å²) in [6.07, 6.45) is -8.82. The van der Waals surface area contributed by atoms with Crippen LogP contribution in [0.1, 0.15) is 37.3 Å². The maximum atomic E-state index is 13.0. The molecule has 2 fully saturated rings. The van der Waals surface area contributed by atoms with Crippen molar-refractivity contribution in [2.24, 2.45) is 0 Å². The first kappa shape index (κ1) is 34.7. The molecule has 0 atom stereocenters. The predicted octanol–water partition coefficient (Wildman–Crippen LogP) is 4.52. The molecule has 3 heterocycles. The first-order valence-corrected chi connectivity index (χ1v) is 12.3. The number of piperidine rings is 2. The largest absolute Gasteiger partial charge is 0.490 e. The van der Waals surface area contributed by atoms with Crippen molar-refractivity contribution in [3.05, 3.63) is 46.5 Å². The van der Waals surface area contributed by atoms with Gasteiger partial charge < -0.3 is 25.4 Å². The number of H-pyrrole nitrogens is 1. The second kappa shape index (κ2) is 14.1. The number of benzene rings is 1. The molecule has 4 N–H and O–H groups in total. The number of hydrogen-bond donors (Lipinski definition) is 4. The Morgan fingerprint density at radius 1 is 0.810 bits per heavy atom. The molecular weight excluding hydrogens is 595 g/mol. The van der Waals surface area contributed by atoms with E-state index in [1.165, 1.54) is 6.07 Å². The number of aromatic amines is 1. The van der Waals surface area contributed by atoms with Gasteiger partial charge in [-0.1, -0.05) is 12.1 Å². The van der Waals surface area contributed by atoms with Crippen LogP contribution < -0.4 is 11.0 Å². The third-order valence-electron chi connectivity index (χ3n) is 6.45. The molecule has 0 saturated carbocycles. The van der Waals surface area contributed by atoms with Gasteiger partial charge in [-0.05, 0) is 50.9 Å². The van der Waals surface area contributed by atoms with Gasteiger partial charge in [0.1, 0.15) is 0 Å². The molecular formula is C24H27F9N4O5. The molecule has 9 nitrogen and oxygen atoms in total. The minimum absolute atomic E-state index is 0.0845. The van der Waals surface area contributed by atoms with Crippen molar-refractivity contribution in [1.82, 2.24) is 19.8 Å². The molecule has 18 heteroatoms. The highest BCUT2D eigenvalue weighted by molar-refractivity contribution is 5.73. The van der Waals surface area contributed by atoms with Gasteiger partial charge in [-0.2, -0.15) is 39.5 Å². The molecule has 0 spiro atoms. The van der Waals surface area contributed by atoms with Crippen molar-refractivity contribution in [1.29, 1.82) is 0 Å². The molecule has 2 aromatic rings. The summed E-state index contributed by atoms with van der Waals surface area (Å²) in [5, 5.41) is 17.6. The van der Waals surface area contributed by atoms with Crippen LogP contribution in [0.15, 0.2) is 35.3 Å². The Balaban J connectivity index is 0.000000367. The van der Waals surface area contributed by atoms with E-state index in [-0.39, 0.29) is 11.7 Å². The zero-order valence-corrected chi connectivity index (χ0v) is 21.6. The minimum Gasteiger partial charge on any atom is -0.475 e. The van der Waals surface area contributed by atoms with Crippen LogP contribution in [0.2, 0.25) is 0 Å². The number of imidazole rings is 1. The van der Waals surface area contributed by atoms with Crippen LogP contribution in [-0.4, -0.2) is 81.2 Å². The van der Waals surface area contributed by atoms with Gasteiger partial charge in [0.25, 0.3) is 0 Å². The van der Waals surface area contributed by atoms with Gasteiger partial charge in [-0.3, -0.25) is 4.57 Å². The Hall–Kier alpha value is -3.54. The lowest BCUT2D eigenvalue weighted by Gasteiger charge is -2.39. The fourth-order valence-electron chi connectivity index (χ4n) is 4.39. The molecule has 1 aromatic heterocycles. The SMILES string of the molecule is O=C(O)C(F)(F)F.O=C(O)C(F)(F)F.O=c1[nH]c(-c2cccc(C(F)(F)F)c2)cn1C1CCN(C2CCNCC2)CC1. The van der Waals surface area contributed by atoms with Crippen LogP contribution in [0.4, 0.5) is 39.5 Å². The van der Waals surface area contributed by atoms with E-state index < -0.39 is 36.0 Å². The van der Waals surface area contributed by atoms with E-state index >= 15 is 0 Å². The predicted molar refractivity (Wildman–Crippen MR) is 129 cm³/mol. The number of rotatable bonds is 3. The Bertz CT molecular complexity index is 1220. The molecule has 0 amide bonds. The molecule has 2 aliphatic heterocycles. The summed E-state index contributed by atoms with van der Waals surface area (Å²) >= 11 is 0. The van der Waals surface area contributed by atoms with Crippen LogP contribution >= 0.6 is 0 Å². The number of carboxylic acid groups (broad SMARTS) is 2. The number of alkyl halides is 9. The molecule has 0 aliphatic carbocycles. The molecule has 4 rings (SSSR count). The maximum absolute atomic E-state index is 13.0. The van der Waals surface area contributed by atoms with Crippen molar-refractivity contribution < 1.29 is 59.3 Å². The van der Waals surface area contributed by atoms with Gasteiger partial charge in [-0.25, -0.2) is 14.4 Å². The second-order valence-corrected chi connectivity index (χ2v) is 9.31. The summed E-state index contributed by atoms with van der Waals surface area (Å²) in [7, 11) is 0. The Morgan fingerprint density at radius 3 is 1.76 bits per heavy atom. The quantitative estimate of drug-likeness (QED) is 0.371. The number of nitrogens with zero attached hydrogens (tertiary/aromatic N) is 2. The highest BCUT2D eigenvalue weighted by Crippen LogP contribution is 2.32. The highest BCUT2D eigenvalue weighted by Gasteiger charge is 2.39. The summed E-state index contributed by atoms with van der Waals surface area (Å²) in [6.45, 7) is 4.02. The molecule has 0 radical (unpaired) electrons. The smallest absolute Gasteiger partial charge is 0.475 e. The lowest BCUT2D eigenvalue weighted by Crippen LogP contribution is -2.47. The summed E-state index contributed by atoms with van der Waals surface area (Å²) in [5.74, 6) is -5.51. The van der Waals surface area contributed by atoms with Gasteiger partial charge in [0.05, 0.1) is 11.3 Å². The average Bonchev–Trinajstić information content (AvgIpc) is 3.30. The zero-order valence-electron chi connectivity index (χ0n) is 21.6. The van der Waals surface area contributed by atoms with E-state index in [9.17, 15) is 44.3 Å². The summed E-state index contributed by atoms with van der Waals surface area (Å²) < 4.78 is 104.